The van der Waals surface area contributed by atoms with E-state index in [4.69, 9.17) is 0 Å². The smallest absolute Gasteiger partial charge is 0.0857 e. The Morgan fingerprint density at radius 2 is 2.20 bits per heavy atom. The van der Waals surface area contributed by atoms with Crippen molar-refractivity contribution in [3.63, 3.8) is 0 Å². The molecule has 1 aromatic rings. The van der Waals surface area contributed by atoms with E-state index < -0.39 is 0 Å². The van der Waals surface area contributed by atoms with Crippen molar-refractivity contribution in [2.75, 3.05) is 11.9 Å². The van der Waals surface area contributed by atoms with Crippen molar-refractivity contribution in [3.8, 4) is 0 Å². The molecule has 2 rings (SSSR count). The van der Waals surface area contributed by atoms with E-state index in [1.807, 2.05) is 30.5 Å². The van der Waals surface area contributed by atoms with Crippen molar-refractivity contribution >= 4 is 17.6 Å². The van der Waals surface area contributed by atoms with Crippen molar-refractivity contribution < 1.29 is 0 Å². The minimum Gasteiger partial charge on any atom is -0.378 e. The highest BCUT2D eigenvalue weighted by atomic mass is 14.9. The quantitative estimate of drug-likeness (QED) is 0.572. The summed E-state index contributed by atoms with van der Waals surface area (Å²) in [5.41, 5.74) is 2.17. The van der Waals surface area contributed by atoms with E-state index in [9.17, 15) is 0 Å². The van der Waals surface area contributed by atoms with Crippen LogP contribution in [0.1, 0.15) is 0 Å². The molecule has 50 valence electrons. The molecule has 1 aliphatic rings. The summed E-state index contributed by atoms with van der Waals surface area (Å²) in [4.78, 5) is 4.21. The summed E-state index contributed by atoms with van der Waals surface area (Å²) in [5, 5.41) is 3.21. The summed E-state index contributed by atoms with van der Waals surface area (Å²) in [6.07, 6.45) is 1.88. The Bertz CT molecular complexity index is 266. The molecule has 1 heterocycles. The normalized spacial score (nSPS) is 14.0. The zero-order valence-electron chi connectivity index (χ0n) is 5.54. The van der Waals surface area contributed by atoms with Gasteiger partial charge in [0.25, 0.3) is 0 Å². The predicted molar refractivity (Wildman–Crippen MR) is 43.1 cm³/mol. The molecule has 2 nitrogen and oxygen atoms in total. The lowest BCUT2D eigenvalue weighted by atomic mass is 10.2. The van der Waals surface area contributed by atoms with Crippen molar-refractivity contribution in [2.45, 2.75) is 0 Å². The van der Waals surface area contributed by atoms with Crippen LogP contribution in [-0.2, 0) is 0 Å². The number of hydrogen-bond acceptors (Lipinski definition) is 2. The number of fused-ring (bicyclic) bond motifs is 1. The highest BCUT2D eigenvalue weighted by molar-refractivity contribution is 5.80. The van der Waals surface area contributed by atoms with Gasteiger partial charge in [-0.05, 0) is 12.1 Å². The first kappa shape index (κ1) is 5.47. The second-order valence-electron chi connectivity index (χ2n) is 2.21. The zero-order chi connectivity index (χ0) is 6.81. The largest absolute Gasteiger partial charge is 0.378 e. The molecule has 0 saturated carbocycles. The highest BCUT2D eigenvalue weighted by Gasteiger charge is 2.00. The molecule has 1 aliphatic heterocycles. The third-order valence-electron chi connectivity index (χ3n) is 1.52. The van der Waals surface area contributed by atoms with Crippen LogP contribution in [0, 0.1) is 0 Å². The maximum absolute atomic E-state index is 4.21. The van der Waals surface area contributed by atoms with Crippen LogP contribution in [0.3, 0.4) is 0 Å². The molecule has 0 spiro atoms. The van der Waals surface area contributed by atoms with Crippen molar-refractivity contribution in [1.29, 1.82) is 0 Å². The van der Waals surface area contributed by atoms with Gasteiger partial charge in [-0.15, -0.1) is 0 Å². The number of benzene rings is 1. The fourth-order valence-corrected chi connectivity index (χ4v) is 1.04. The van der Waals surface area contributed by atoms with Gasteiger partial charge in [-0.1, -0.05) is 12.1 Å². The van der Waals surface area contributed by atoms with E-state index in [1.54, 1.807) is 0 Å². The van der Waals surface area contributed by atoms with Crippen molar-refractivity contribution in [1.82, 2.24) is 0 Å². The van der Waals surface area contributed by atoms with E-state index >= 15 is 0 Å². The molecule has 1 aromatic carbocycles. The van der Waals surface area contributed by atoms with Gasteiger partial charge in [0.05, 0.1) is 17.9 Å². The number of anilines is 1. The zero-order valence-corrected chi connectivity index (χ0v) is 5.54. The maximum atomic E-state index is 4.21. The molecule has 0 atom stereocenters. The van der Waals surface area contributed by atoms with Gasteiger partial charge in [0, 0.05) is 6.21 Å². The van der Waals surface area contributed by atoms with Gasteiger partial charge in [0.2, 0.25) is 0 Å². The topological polar surface area (TPSA) is 24.4 Å². The van der Waals surface area contributed by atoms with Crippen LogP contribution in [0.25, 0.3) is 0 Å². The summed E-state index contributed by atoms with van der Waals surface area (Å²) >= 11 is 0. The van der Waals surface area contributed by atoms with Gasteiger partial charge >= 0.3 is 0 Å². The number of rotatable bonds is 0. The molecule has 0 unspecified atom stereocenters. The Kier molecular flexibility index (Phi) is 1.17. The van der Waals surface area contributed by atoms with E-state index in [0.29, 0.717) is 0 Å². The predicted octanol–water partition coefficient (Wildman–Crippen LogP) is 1.81. The van der Waals surface area contributed by atoms with Crippen LogP contribution < -0.4 is 5.32 Å². The third kappa shape index (κ3) is 0.778. The summed E-state index contributed by atoms with van der Waals surface area (Å²) in [6, 6.07) is 8.03. The minimum atomic E-state index is 0.844. The summed E-state index contributed by atoms with van der Waals surface area (Å²) in [6.45, 7) is 0.844. The average molecular weight is 132 g/mol. The lowest BCUT2D eigenvalue weighted by molar-refractivity contribution is 1.34. The fraction of sp³-hybridized carbons (Fsp3) is 0.125. The second-order valence-corrected chi connectivity index (χ2v) is 2.21. The maximum Gasteiger partial charge on any atom is 0.0857 e. The van der Waals surface area contributed by atoms with Crippen LogP contribution in [0.15, 0.2) is 29.3 Å². The second kappa shape index (κ2) is 2.14. The van der Waals surface area contributed by atoms with Gasteiger partial charge in [0.15, 0.2) is 0 Å². The van der Waals surface area contributed by atoms with Crippen LogP contribution in [0.2, 0.25) is 0 Å². The van der Waals surface area contributed by atoms with Gasteiger partial charge in [-0.3, -0.25) is 4.99 Å². The Labute approximate surface area is 59.6 Å². The SMILES string of the molecule is C1=Nc2ccccc2NC1. The van der Waals surface area contributed by atoms with Gasteiger partial charge < -0.3 is 5.32 Å². The Balaban J connectivity index is 2.54. The van der Waals surface area contributed by atoms with Crippen molar-refractivity contribution in [3.05, 3.63) is 24.3 Å². The Morgan fingerprint density at radius 1 is 1.30 bits per heavy atom. The van der Waals surface area contributed by atoms with Gasteiger partial charge in [-0.2, -0.15) is 0 Å². The van der Waals surface area contributed by atoms with Crippen LogP contribution in [-0.4, -0.2) is 12.8 Å². The number of aliphatic imine (C=N–C) groups is 1. The van der Waals surface area contributed by atoms with Crippen LogP contribution >= 0.6 is 0 Å². The number of nitrogens with one attached hydrogen (secondary N) is 1. The molecule has 0 aromatic heterocycles. The summed E-state index contributed by atoms with van der Waals surface area (Å²) in [7, 11) is 0. The van der Waals surface area contributed by atoms with Gasteiger partial charge in [-0.25, -0.2) is 0 Å². The van der Waals surface area contributed by atoms with Gasteiger partial charge in [0.1, 0.15) is 0 Å². The number of para-hydroxylation sites is 2. The van der Waals surface area contributed by atoms with Crippen LogP contribution in [0.4, 0.5) is 11.4 Å². The Hall–Kier alpha value is -1.31. The van der Waals surface area contributed by atoms with Crippen molar-refractivity contribution in [2.24, 2.45) is 4.99 Å². The lowest BCUT2D eigenvalue weighted by Crippen LogP contribution is -2.05. The molecule has 0 aliphatic carbocycles. The first-order valence-electron chi connectivity index (χ1n) is 3.32. The Morgan fingerprint density at radius 3 is 3.10 bits per heavy atom. The molecule has 0 bridgehead atoms. The van der Waals surface area contributed by atoms with Crippen LogP contribution in [0.5, 0.6) is 0 Å². The third-order valence-corrected chi connectivity index (χ3v) is 1.52. The highest BCUT2D eigenvalue weighted by Crippen LogP contribution is 2.24. The monoisotopic (exact) mass is 132 g/mol. The molecule has 0 radical (unpaired) electrons. The molecule has 0 amide bonds. The molecule has 0 saturated heterocycles. The molecule has 0 fully saturated rings. The average Bonchev–Trinajstić information content (AvgIpc) is 2.05. The van der Waals surface area contributed by atoms with E-state index in [2.05, 4.69) is 10.3 Å². The first-order valence-corrected chi connectivity index (χ1v) is 3.32. The number of nitrogens with zero attached hydrogens (tertiary/aromatic N) is 1. The van der Waals surface area contributed by atoms with E-state index in [1.165, 1.54) is 0 Å². The summed E-state index contributed by atoms with van der Waals surface area (Å²) < 4.78 is 0. The number of hydrogen-bond donors (Lipinski definition) is 1. The summed E-state index contributed by atoms with van der Waals surface area (Å²) in [5.74, 6) is 0. The molecule has 2 heteroatoms. The van der Waals surface area contributed by atoms with E-state index in [0.717, 1.165) is 17.9 Å². The lowest BCUT2D eigenvalue weighted by Gasteiger charge is -2.10. The first-order chi connectivity index (χ1) is 4.97. The molecular weight excluding hydrogens is 124 g/mol. The minimum absolute atomic E-state index is 0.844. The molecule has 10 heavy (non-hydrogen) atoms. The standard InChI is InChI=1S/C8H8N2/c1-2-4-8-7(3-1)9-5-6-10-8/h1-5,10H,6H2. The van der Waals surface area contributed by atoms with E-state index in [-0.39, 0.29) is 0 Å². The molecular formula is C8H8N2. The fourth-order valence-electron chi connectivity index (χ4n) is 1.04. The molecule has 1 N–H and O–H groups in total.